The Morgan fingerprint density at radius 2 is 2.06 bits per heavy atom. The van der Waals surface area contributed by atoms with Crippen molar-refractivity contribution in [2.24, 2.45) is 0 Å². The van der Waals surface area contributed by atoms with Gasteiger partial charge in [-0.3, -0.25) is 0 Å². The van der Waals surface area contributed by atoms with Gasteiger partial charge in [0, 0.05) is 16.9 Å². The second-order valence-corrected chi connectivity index (χ2v) is 4.88. The van der Waals surface area contributed by atoms with Gasteiger partial charge in [0.1, 0.15) is 10.5 Å². The van der Waals surface area contributed by atoms with Crippen LogP contribution in [-0.2, 0) is 0 Å². The fourth-order valence-corrected chi connectivity index (χ4v) is 2.78. The molecule has 0 saturated carbocycles. The van der Waals surface area contributed by atoms with Crippen LogP contribution < -0.4 is 0 Å². The van der Waals surface area contributed by atoms with Crippen LogP contribution in [0.1, 0.15) is 0 Å². The van der Waals surface area contributed by atoms with Crippen LogP contribution >= 0.6 is 11.3 Å². The Morgan fingerprint density at radius 3 is 3.00 bits per heavy atom. The Labute approximate surface area is 106 Å². The highest BCUT2D eigenvalue weighted by Crippen LogP contribution is 2.30. The van der Waals surface area contributed by atoms with E-state index in [1.54, 1.807) is 11.3 Å². The summed E-state index contributed by atoms with van der Waals surface area (Å²) in [5, 5.41) is 8.30. The van der Waals surface area contributed by atoms with Crippen molar-refractivity contribution in [3.8, 4) is 10.6 Å². The number of para-hydroxylation sites is 1. The molecule has 0 unspecified atom stereocenters. The van der Waals surface area contributed by atoms with Crippen molar-refractivity contribution in [2.75, 3.05) is 0 Å². The van der Waals surface area contributed by atoms with E-state index in [9.17, 15) is 0 Å². The van der Waals surface area contributed by atoms with E-state index in [1.165, 1.54) is 4.70 Å². The van der Waals surface area contributed by atoms with Gasteiger partial charge in [-0.1, -0.05) is 12.1 Å². The highest BCUT2D eigenvalue weighted by Gasteiger charge is 2.08. The fraction of sp³-hybridized carbons (Fsp3) is 0. The van der Waals surface area contributed by atoms with Crippen molar-refractivity contribution in [3.63, 3.8) is 0 Å². The summed E-state index contributed by atoms with van der Waals surface area (Å²) < 4.78 is 6.12. The van der Waals surface area contributed by atoms with Crippen LogP contribution in [0.5, 0.6) is 0 Å². The maximum atomic E-state index is 4.96. The zero-order valence-electron chi connectivity index (χ0n) is 9.12. The number of hydrogen-bond acceptors (Lipinski definition) is 5. The van der Waals surface area contributed by atoms with Crippen molar-refractivity contribution in [1.29, 1.82) is 0 Å². The molecule has 18 heavy (non-hydrogen) atoms. The van der Waals surface area contributed by atoms with Gasteiger partial charge in [-0.15, -0.1) is 16.4 Å². The highest BCUT2D eigenvalue weighted by atomic mass is 32.1. The Hall–Kier alpha value is -2.27. The van der Waals surface area contributed by atoms with Crippen LogP contribution in [0.4, 0.5) is 0 Å². The lowest BCUT2D eigenvalue weighted by Gasteiger charge is -1.92. The molecule has 0 N–H and O–H groups in total. The summed E-state index contributed by atoms with van der Waals surface area (Å²) in [4.78, 5) is 4.58. The first-order chi connectivity index (χ1) is 8.90. The fourth-order valence-electron chi connectivity index (χ4n) is 1.83. The van der Waals surface area contributed by atoms with Gasteiger partial charge in [-0.2, -0.15) is 0 Å². The van der Waals surface area contributed by atoms with Crippen molar-refractivity contribution in [2.45, 2.75) is 0 Å². The van der Waals surface area contributed by atoms with E-state index in [-0.39, 0.29) is 0 Å². The monoisotopic (exact) mass is 252 g/mol. The number of benzene rings is 2. The smallest absolute Gasteiger partial charge is 0.188 e. The van der Waals surface area contributed by atoms with Gasteiger partial charge in [-0.25, -0.2) is 4.98 Å². The van der Waals surface area contributed by atoms with E-state index in [1.807, 2.05) is 30.3 Å². The zero-order valence-corrected chi connectivity index (χ0v) is 9.94. The van der Waals surface area contributed by atoms with Crippen LogP contribution in [0.15, 0.2) is 40.9 Å². The normalized spacial score (nSPS) is 11.3. The summed E-state index contributed by atoms with van der Waals surface area (Å²) in [5.41, 5.74) is 3.19. The summed E-state index contributed by atoms with van der Waals surface area (Å²) in [5.74, 6) is 0. The van der Waals surface area contributed by atoms with Crippen molar-refractivity contribution in [1.82, 2.24) is 15.4 Å². The lowest BCUT2D eigenvalue weighted by Crippen LogP contribution is -1.77. The predicted molar refractivity (Wildman–Crippen MR) is 69.3 cm³/mol. The molecule has 5 heteroatoms. The minimum Gasteiger partial charge on any atom is -0.337 e. The van der Waals surface area contributed by atoms with Crippen molar-refractivity contribution >= 4 is 32.7 Å². The highest BCUT2D eigenvalue weighted by molar-refractivity contribution is 7.21. The maximum Gasteiger partial charge on any atom is 0.188 e. The van der Waals surface area contributed by atoms with Gasteiger partial charge in [0.2, 0.25) is 0 Å². The number of nitrogens with zero attached hydrogens (tertiary/aromatic N) is 3. The molecule has 0 bridgehead atoms. The van der Waals surface area contributed by atoms with E-state index in [4.69, 9.17) is 4.52 Å². The topological polar surface area (TPSA) is 51.8 Å². The second-order valence-electron chi connectivity index (χ2n) is 3.84. The molecular weight excluding hydrogens is 246 g/mol. The van der Waals surface area contributed by atoms with Crippen molar-refractivity contribution < 1.29 is 4.52 Å². The Morgan fingerprint density at radius 1 is 1.11 bits per heavy atom. The molecule has 0 amide bonds. The molecule has 2 heterocycles. The third kappa shape index (κ3) is 1.41. The van der Waals surface area contributed by atoms with Crippen LogP contribution in [-0.4, -0.2) is 15.4 Å². The average Bonchev–Trinajstić information content (AvgIpc) is 3.04. The summed E-state index contributed by atoms with van der Waals surface area (Å²) in [6.07, 6.45) is 0. The van der Waals surface area contributed by atoms with Gasteiger partial charge in [0.25, 0.3) is 0 Å². The molecule has 1 radical (unpaired) electrons. The quantitative estimate of drug-likeness (QED) is 0.521. The van der Waals surface area contributed by atoms with E-state index in [0.29, 0.717) is 11.1 Å². The molecule has 0 spiro atoms. The van der Waals surface area contributed by atoms with E-state index in [2.05, 4.69) is 27.5 Å². The molecule has 4 rings (SSSR count). The largest absolute Gasteiger partial charge is 0.337 e. The minimum absolute atomic E-state index is 0.631. The molecule has 0 aliphatic heterocycles. The maximum absolute atomic E-state index is 4.96. The van der Waals surface area contributed by atoms with Crippen LogP contribution in [0.25, 0.3) is 31.9 Å². The van der Waals surface area contributed by atoms with E-state index < -0.39 is 0 Å². The van der Waals surface area contributed by atoms with Gasteiger partial charge in [-0.05, 0) is 24.3 Å². The number of hydrogen-bond donors (Lipinski definition) is 0. The van der Waals surface area contributed by atoms with Crippen molar-refractivity contribution in [3.05, 3.63) is 42.5 Å². The van der Waals surface area contributed by atoms with E-state index in [0.717, 1.165) is 16.1 Å². The van der Waals surface area contributed by atoms with Crippen LogP contribution in [0, 0.1) is 6.07 Å². The lowest BCUT2D eigenvalue weighted by atomic mass is 10.2. The number of fused-ring (bicyclic) bond motifs is 2. The lowest BCUT2D eigenvalue weighted by molar-refractivity contribution is 0.424. The molecule has 0 atom stereocenters. The molecular formula is C13H6N3OS. The zero-order chi connectivity index (χ0) is 11.9. The summed E-state index contributed by atoms with van der Waals surface area (Å²) in [7, 11) is 0. The van der Waals surface area contributed by atoms with Crippen LogP contribution in [0.3, 0.4) is 0 Å². The number of thiazole rings is 1. The minimum atomic E-state index is 0.631. The predicted octanol–water partition coefficient (Wildman–Crippen LogP) is 3.30. The number of rotatable bonds is 1. The van der Waals surface area contributed by atoms with Gasteiger partial charge < -0.3 is 4.52 Å². The summed E-state index contributed by atoms with van der Waals surface area (Å²) in [6, 6.07) is 15.0. The molecule has 0 aliphatic carbocycles. The van der Waals surface area contributed by atoms with Crippen LogP contribution in [0.2, 0.25) is 0 Å². The average molecular weight is 252 g/mol. The summed E-state index contributed by atoms with van der Waals surface area (Å²) in [6.45, 7) is 0. The third-order valence-corrected chi connectivity index (χ3v) is 3.76. The van der Waals surface area contributed by atoms with Gasteiger partial charge in [0.05, 0.1) is 10.2 Å². The molecule has 0 fully saturated rings. The second kappa shape index (κ2) is 3.61. The molecule has 4 nitrogen and oxygen atoms in total. The first-order valence-electron chi connectivity index (χ1n) is 5.40. The SMILES string of the molecule is [c]1c(-c2nc3ccccc3s2)ccc2onnc12. The molecule has 0 aliphatic rings. The third-order valence-electron chi connectivity index (χ3n) is 2.69. The Bertz CT molecular complexity index is 816. The first-order valence-corrected chi connectivity index (χ1v) is 6.22. The first kappa shape index (κ1) is 9.73. The van der Waals surface area contributed by atoms with E-state index >= 15 is 0 Å². The van der Waals surface area contributed by atoms with Gasteiger partial charge >= 0.3 is 0 Å². The Kier molecular flexibility index (Phi) is 1.95. The summed E-state index contributed by atoms with van der Waals surface area (Å²) >= 11 is 1.64. The standard InChI is InChI=1S/C13H6N3OS/c1-2-4-12-9(3-1)14-13(18-12)8-5-6-11-10(7-8)15-16-17-11/h1-6H. The van der Waals surface area contributed by atoms with Gasteiger partial charge in [0.15, 0.2) is 5.58 Å². The molecule has 4 aromatic rings. The molecule has 85 valence electrons. The number of aromatic nitrogens is 3. The molecule has 0 saturated heterocycles. The Balaban J connectivity index is 1.94. The molecule has 2 aromatic heterocycles. The molecule has 2 aromatic carbocycles.